The molecule has 1 aromatic carbocycles. The maximum atomic E-state index is 12.0. The Hall–Kier alpha value is -2.07. The van der Waals surface area contributed by atoms with Crippen molar-refractivity contribution in [3.63, 3.8) is 0 Å². The van der Waals surface area contributed by atoms with Crippen LogP contribution in [0.3, 0.4) is 0 Å². The van der Waals surface area contributed by atoms with Crippen molar-refractivity contribution in [3.05, 3.63) is 60.1 Å². The summed E-state index contributed by atoms with van der Waals surface area (Å²) in [5, 5.41) is 2.82. The molecule has 2 aromatic rings. The van der Waals surface area contributed by atoms with Crippen LogP contribution in [0.25, 0.3) is 0 Å². The van der Waals surface area contributed by atoms with E-state index in [0.29, 0.717) is 5.76 Å². The second kappa shape index (κ2) is 5.51. The van der Waals surface area contributed by atoms with Crippen LogP contribution in [-0.4, -0.2) is 5.91 Å². The summed E-state index contributed by atoms with van der Waals surface area (Å²) in [6.07, 6.45) is 1.58. The third-order valence-corrected chi connectivity index (χ3v) is 2.77. The van der Waals surface area contributed by atoms with Gasteiger partial charge >= 0.3 is 0 Å². The highest BCUT2D eigenvalue weighted by Gasteiger charge is 2.18. The van der Waals surface area contributed by atoms with Crippen LogP contribution in [0.2, 0.25) is 0 Å². The molecule has 0 saturated heterocycles. The Morgan fingerprint density at radius 3 is 2.56 bits per heavy atom. The van der Waals surface area contributed by atoms with Gasteiger partial charge in [-0.1, -0.05) is 30.3 Å². The average molecular weight is 244 g/mol. The summed E-state index contributed by atoms with van der Waals surface area (Å²) in [5.41, 5.74) is 6.69. The van der Waals surface area contributed by atoms with Gasteiger partial charge in [-0.3, -0.25) is 4.79 Å². The van der Waals surface area contributed by atoms with E-state index in [4.69, 9.17) is 10.2 Å². The maximum absolute atomic E-state index is 12.0. The van der Waals surface area contributed by atoms with E-state index in [-0.39, 0.29) is 11.9 Å². The molecule has 1 amide bonds. The quantitative estimate of drug-likeness (QED) is 0.866. The number of hydrogen-bond donors (Lipinski definition) is 2. The number of rotatable bonds is 4. The fraction of sp³-hybridized carbons (Fsp3) is 0.214. The summed E-state index contributed by atoms with van der Waals surface area (Å²) in [6, 6.07) is 12.0. The molecular weight excluding hydrogens is 228 g/mol. The largest absolute Gasteiger partial charge is 0.467 e. The first kappa shape index (κ1) is 12.4. The van der Waals surface area contributed by atoms with Gasteiger partial charge in [0.05, 0.1) is 12.3 Å². The fourth-order valence-corrected chi connectivity index (χ4v) is 1.72. The molecule has 0 spiro atoms. The summed E-state index contributed by atoms with van der Waals surface area (Å²) in [6.45, 7) is 1.86. The molecule has 4 heteroatoms. The van der Waals surface area contributed by atoms with Gasteiger partial charge in [-0.15, -0.1) is 0 Å². The van der Waals surface area contributed by atoms with Gasteiger partial charge in [0.1, 0.15) is 11.8 Å². The second-order valence-electron chi connectivity index (χ2n) is 4.13. The minimum atomic E-state index is -0.663. The highest BCUT2D eigenvalue weighted by Crippen LogP contribution is 2.15. The van der Waals surface area contributed by atoms with Gasteiger partial charge in [-0.25, -0.2) is 0 Å². The SMILES string of the molecule is CC(NC(=O)[C@@H](N)c1ccccc1)c1ccco1. The standard InChI is InChI=1S/C14H16N2O2/c1-10(12-8-5-9-18-12)16-14(17)13(15)11-6-3-2-4-7-11/h2-10,13H,15H2,1H3,(H,16,17)/t10?,13-/m0/s1. The molecule has 18 heavy (non-hydrogen) atoms. The van der Waals surface area contributed by atoms with Crippen LogP contribution >= 0.6 is 0 Å². The molecular formula is C14H16N2O2. The number of nitrogens with two attached hydrogens (primary N) is 1. The summed E-state index contributed by atoms with van der Waals surface area (Å²) in [5.74, 6) is 0.494. The van der Waals surface area contributed by atoms with Crippen molar-refractivity contribution in [3.8, 4) is 0 Å². The lowest BCUT2D eigenvalue weighted by molar-refractivity contribution is -0.123. The van der Waals surface area contributed by atoms with Crippen LogP contribution in [0.4, 0.5) is 0 Å². The lowest BCUT2D eigenvalue weighted by Crippen LogP contribution is -2.35. The van der Waals surface area contributed by atoms with Gasteiger partial charge in [-0.05, 0) is 24.6 Å². The van der Waals surface area contributed by atoms with E-state index in [1.165, 1.54) is 0 Å². The highest BCUT2D eigenvalue weighted by atomic mass is 16.3. The summed E-state index contributed by atoms with van der Waals surface area (Å²) in [4.78, 5) is 12.0. The Labute approximate surface area is 106 Å². The fourth-order valence-electron chi connectivity index (χ4n) is 1.72. The normalized spacial score (nSPS) is 13.9. The molecule has 1 aromatic heterocycles. The molecule has 0 bridgehead atoms. The maximum Gasteiger partial charge on any atom is 0.242 e. The number of benzene rings is 1. The molecule has 0 aliphatic heterocycles. The lowest BCUT2D eigenvalue weighted by Gasteiger charge is -2.16. The lowest BCUT2D eigenvalue weighted by atomic mass is 10.1. The van der Waals surface area contributed by atoms with Crippen molar-refractivity contribution >= 4 is 5.91 Å². The Balaban J connectivity index is 2.00. The summed E-state index contributed by atoms with van der Waals surface area (Å²) >= 11 is 0. The van der Waals surface area contributed by atoms with E-state index in [1.54, 1.807) is 12.3 Å². The molecule has 2 atom stereocenters. The van der Waals surface area contributed by atoms with Crippen molar-refractivity contribution in [2.45, 2.75) is 19.0 Å². The predicted molar refractivity (Wildman–Crippen MR) is 68.6 cm³/mol. The molecule has 2 rings (SSSR count). The number of carbonyl (C=O) groups excluding carboxylic acids is 1. The van der Waals surface area contributed by atoms with Crippen LogP contribution in [0, 0.1) is 0 Å². The molecule has 1 heterocycles. The Bertz CT molecular complexity index is 494. The van der Waals surface area contributed by atoms with Crippen LogP contribution in [0.1, 0.15) is 30.3 Å². The van der Waals surface area contributed by atoms with Crippen molar-refractivity contribution in [1.29, 1.82) is 0 Å². The van der Waals surface area contributed by atoms with E-state index >= 15 is 0 Å². The van der Waals surface area contributed by atoms with Crippen LogP contribution in [0.5, 0.6) is 0 Å². The third kappa shape index (κ3) is 2.78. The zero-order chi connectivity index (χ0) is 13.0. The van der Waals surface area contributed by atoms with Crippen molar-refractivity contribution in [2.75, 3.05) is 0 Å². The van der Waals surface area contributed by atoms with E-state index in [9.17, 15) is 4.79 Å². The smallest absolute Gasteiger partial charge is 0.242 e. The molecule has 3 N–H and O–H groups in total. The van der Waals surface area contributed by atoms with Gasteiger partial charge < -0.3 is 15.5 Å². The second-order valence-corrected chi connectivity index (χ2v) is 4.13. The zero-order valence-electron chi connectivity index (χ0n) is 10.2. The average Bonchev–Trinajstić information content (AvgIpc) is 2.92. The molecule has 0 aliphatic carbocycles. The molecule has 0 saturated carbocycles. The molecule has 0 fully saturated rings. The summed E-state index contributed by atoms with van der Waals surface area (Å²) in [7, 11) is 0. The minimum Gasteiger partial charge on any atom is -0.467 e. The van der Waals surface area contributed by atoms with Crippen molar-refractivity contribution < 1.29 is 9.21 Å². The monoisotopic (exact) mass is 244 g/mol. The van der Waals surface area contributed by atoms with Gasteiger partial charge in [-0.2, -0.15) is 0 Å². The van der Waals surface area contributed by atoms with Crippen molar-refractivity contribution in [2.24, 2.45) is 5.73 Å². The number of hydrogen-bond acceptors (Lipinski definition) is 3. The number of nitrogens with one attached hydrogen (secondary N) is 1. The number of amides is 1. The Morgan fingerprint density at radius 2 is 1.94 bits per heavy atom. The molecule has 0 aliphatic rings. The molecule has 1 unspecified atom stereocenters. The van der Waals surface area contributed by atoms with E-state index in [0.717, 1.165) is 5.56 Å². The topological polar surface area (TPSA) is 68.3 Å². The number of furan rings is 1. The van der Waals surface area contributed by atoms with E-state index < -0.39 is 6.04 Å². The zero-order valence-corrected chi connectivity index (χ0v) is 10.2. The van der Waals surface area contributed by atoms with Crippen LogP contribution in [-0.2, 0) is 4.79 Å². The van der Waals surface area contributed by atoms with E-state index in [2.05, 4.69) is 5.32 Å². The van der Waals surface area contributed by atoms with Gasteiger partial charge in [0.15, 0.2) is 0 Å². The first-order valence-electron chi connectivity index (χ1n) is 5.83. The minimum absolute atomic E-state index is 0.192. The van der Waals surface area contributed by atoms with Gasteiger partial charge in [0, 0.05) is 0 Å². The first-order valence-corrected chi connectivity index (χ1v) is 5.83. The highest BCUT2D eigenvalue weighted by molar-refractivity contribution is 5.83. The number of carbonyl (C=O) groups is 1. The Kier molecular flexibility index (Phi) is 3.79. The molecule has 4 nitrogen and oxygen atoms in total. The molecule has 0 radical (unpaired) electrons. The summed E-state index contributed by atoms with van der Waals surface area (Å²) < 4.78 is 5.23. The third-order valence-electron chi connectivity index (χ3n) is 2.77. The van der Waals surface area contributed by atoms with Crippen LogP contribution < -0.4 is 11.1 Å². The van der Waals surface area contributed by atoms with Crippen molar-refractivity contribution in [1.82, 2.24) is 5.32 Å². The predicted octanol–water partition coefficient (Wildman–Crippen LogP) is 2.16. The van der Waals surface area contributed by atoms with E-state index in [1.807, 2.05) is 43.3 Å². The van der Waals surface area contributed by atoms with Gasteiger partial charge in [0.25, 0.3) is 0 Å². The van der Waals surface area contributed by atoms with Crippen LogP contribution in [0.15, 0.2) is 53.1 Å². The first-order chi connectivity index (χ1) is 8.68. The molecule has 94 valence electrons. The Morgan fingerprint density at radius 1 is 1.22 bits per heavy atom. The van der Waals surface area contributed by atoms with Gasteiger partial charge in [0.2, 0.25) is 5.91 Å².